The van der Waals surface area contributed by atoms with Crippen molar-refractivity contribution in [1.29, 1.82) is 0 Å². The maximum atomic E-state index is 13.4. The Balaban J connectivity index is 2.23. The van der Waals surface area contributed by atoms with Gasteiger partial charge in [0.25, 0.3) is 0 Å². The van der Waals surface area contributed by atoms with E-state index >= 15 is 0 Å². The fourth-order valence-electron chi connectivity index (χ4n) is 2.11. The van der Waals surface area contributed by atoms with E-state index in [-0.39, 0.29) is 18.5 Å². The molecule has 1 aliphatic heterocycles. The van der Waals surface area contributed by atoms with Crippen molar-refractivity contribution in [1.82, 2.24) is 0 Å². The quantitative estimate of drug-likeness (QED) is 0.797. The van der Waals surface area contributed by atoms with Gasteiger partial charge in [0.2, 0.25) is 0 Å². The predicted molar refractivity (Wildman–Crippen MR) is 59.8 cm³/mol. The summed E-state index contributed by atoms with van der Waals surface area (Å²) in [6.45, 7) is 1.12. The minimum Gasteiger partial charge on any atom is -0.393 e. The molecule has 0 saturated carbocycles. The number of piperidine rings is 1. The Morgan fingerprint density at radius 1 is 1.31 bits per heavy atom. The number of benzene rings is 1. The average molecular weight is 225 g/mol. The van der Waals surface area contributed by atoms with E-state index in [1.807, 2.05) is 11.0 Å². The van der Waals surface area contributed by atoms with Crippen molar-refractivity contribution in [2.75, 3.05) is 18.0 Å². The Bertz CT molecular complexity index is 362. The lowest BCUT2D eigenvalue weighted by atomic mass is 10.1. The van der Waals surface area contributed by atoms with Gasteiger partial charge in [0.1, 0.15) is 5.82 Å². The lowest BCUT2D eigenvalue weighted by Gasteiger charge is -2.32. The summed E-state index contributed by atoms with van der Waals surface area (Å²) in [5.41, 5.74) is 1.09. The van der Waals surface area contributed by atoms with Crippen molar-refractivity contribution in [3.8, 4) is 0 Å². The Hall–Kier alpha value is -1.13. The van der Waals surface area contributed by atoms with Gasteiger partial charge >= 0.3 is 0 Å². The van der Waals surface area contributed by atoms with Gasteiger partial charge in [-0.1, -0.05) is 6.07 Å². The summed E-state index contributed by atoms with van der Waals surface area (Å²) in [5, 5.41) is 18.6. The summed E-state index contributed by atoms with van der Waals surface area (Å²) in [7, 11) is 0. The van der Waals surface area contributed by atoms with E-state index in [0.29, 0.717) is 31.5 Å². The first-order valence-electron chi connectivity index (χ1n) is 5.53. The van der Waals surface area contributed by atoms with Crippen LogP contribution in [0.1, 0.15) is 18.4 Å². The molecule has 0 spiro atoms. The minimum atomic E-state index is -0.369. The number of anilines is 1. The van der Waals surface area contributed by atoms with Crippen molar-refractivity contribution in [2.24, 2.45) is 0 Å². The van der Waals surface area contributed by atoms with Crippen LogP contribution < -0.4 is 4.90 Å². The van der Waals surface area contributed by atoms with Crippen LogP contribution in [-0.4, -0.2) is 29.4 Å². The highest BCUT2D eigenvalue weighted by molar-refractivity contribution is 5.54. The van der Waals surface area contributed by atoms with Gasteiger partial charge in [-0.05, 0) is 25.0 Å². The highest BCUT2D eigenvalue weighted by Gasteiger charge is 2.20. The zero-order chi connectivity index (χ0) is 11.5. The summed E-state index contributed by atoms with van der Waals surface area (Å²) < 4.78 is 13.4. The molecule has 3 nitrogen and oxygen atoms in total. The molecule has 0 bridgehead atoms. The van der Waals surface area contributed by atoms with Gasteiger partial charge in [0, 0.05) is 24.3 Å². The van der Waals surface area contributed by atoms with E-state index in [1.54, 1.807) is 6.07 Å². The molecule has 0 radical (unpaired) electrons. The second kappa shape index (κ2) is 4.80. The number of aliphatic hydroxyl groups is 2. The molecule has 16 heavy (non-hydrogen) atoms. The average Bonchev–Trinajstić information content (AvgIpc) is 2.30. The lowest BCUT2D eigenvalue weighted by molar-refractivity contribution is 0.145. The molecule has 1 saturated heterocycles. The number of aliphatic hydroxyl groups excluding tert-OH is 2. The third-order valence-electron chi connectivity index (χ3n) is 3.06. The van der Waals surface area contributed by atoms with Crippen molar-refractivity contribution < 1.29 is 14.6 Å². The van der Waals surface area contributed by atoms with Crippen LogP contribution in [0.5, 0.6) is 0 Å². The molecule has 0 aliphatic carbocycles. The number of hydrogen-bond donors (Lipinski definition) is 2. The Labute approximate surface area is 94.1 Å². The Kier molecular flexibility index (Phi) is 3.41. The first-order chi connectivity index (χ1) is 7.72. The predicted octanol–water partition coefficient (Wildman–Crippen LogP) is 1.28. The molecule has 1 aromatic rings. The van der Waals surface area contributed by atoms with E-state index in [2.05, 4.69) is 0 Å². The summed E-state index contributed by atoms with van der Waals surface area (Å²) in [6.07, 6.45) is 1.14. The van der Waals surface area contributed by atoms with Crippen LogP contribution in [0.25, 0.3) is 0 Å². The number of rotatable bonds is 2. The van der Waals surface area contributed by atoms with Crippen molar-refractivity contribution >= 4 is 5.69 Å². The molecule has 0 unspecified atom stereocenters. The number of nitrogens with zero attached hydrogens (tertiary/aromatic N) is 1. The van der Waals surface area contributed by atoms with E-state index < -0.39 is 0 Å². The maximum absolute atomic E-state index is 13.4. The highest BCUT2D eigenvalue weighted by Crippen LogP contribution is 2.26. The van der Waals surface area contributed by atoms with Crippen molar-refractivity contribution in [3.05, 3.63) is 29.6 Å². The zero-order valence-corrected chi connectivity index (χ0v) is 9.06. The summed E-state index contributed by atoms with van der Waals surface area (Å²) >= 11 is 0. The SMILES string of the molecule is OCc1c(F)cccc1N1CCC(O)CC1. The molecule has 1 aliphatic rings. The molecule has 1 fully saturated rings. The van der Waals surface area contributed by atoms with Gasteiger partial charge in [-0.3, -0.25) is 0 Å². The largest absolute Gasteiger partial charge is 0.393 e. The van der Waals surface area contributed by atoms with Crippen LogP contribution in [0.4, 0.5) is 10.1 Å². The van der Waals surface area contributed by atoms with Crippen LogP contribution in [0.3, 0.4) is 0 Å². The molecule has 2 N–H and O–H groups in total. The molecule has 1 aromatic carbocycles. The zero-order valence-electron chi connectivity index (χ0n) is 9.06. The third-order valence-corrected chi connectivity index (χ3v) is 3.06. The summed E-state index contributed by atoms with van der Waals surface area (Å²) in [5.74, 6) is -0.369. The molecular formula is C12H16FNO2. The first kappa shape index (κ1) is 11.4. The molecule has 88 valence electrons. The van der Waals surface area contributed by atoms with Crippen LogP contribution in [0.15, 0.2) is 18.2 Å². The van der Waals surface area contributed by atoms with Gasteiger partial charge in [-0.15, -0.1) is 0 Å². The standard InChI is InChI=1S/C12H16FNO2/c13-11-2-1-3-12(10(11)8-15)14-6-4-9(16)5-7-14/h1-3,9,15-16H,4-8H2. The molecule has 0 atom stereocenters. The molecule has 0 aromatic heterocycles. The van der Waals surface area contributed by atoms with Gasteiger partial charge in [0.15, 0.2) is 0 Å². The van der Waals surface area contributed by atoms with Gasteiger partial charge < -0.3 is 15.1 Å². The van der Waals surface area contributed by atoms with E-state index in [1.165, 1.54) is 6.07 Å². The maximum Gasteiger partial charge on any atom is 0.130 e. The number of hydrogen-bond acceptors (Lipinski definition) is 3. The smallest absolute Gasteiger partial charge is 0.130 e. The fourth-order valence-corrected chi connectivity index (χ4v) is 2.11. The van der Waals surface area contributed by atoms with E-state index in [0.717, 1.165) is 5.69 Å². The van der Waals surface area contributed by atoms with Gasteiger partial charge in [-0.25, -0.2) is 4.39 Å². The van der Waals surface area contributed by atoms with E-state index in [9.17, 15) is 9.50 Å². The van der Waals surface area contributed by atoms with Crippen LogP contribution in [0, 0.1) is 5.82 Å². The van der Waals surface area contributed by atoms with Crippen LogP contribution >= 0.6 is 0 Å². The monoisotopic (exact) mass is 225 g/mol. The van der Waals surface area contributed by atoms with Gasteiger partial charge in [0.05, 0.1) is 12.7 Å². The minimum absolute atomic E-state index is 0.248. The summed E-state index contributed by atoms with van der Waals surface area (Å²) in [6, 6.07) is 4.81. The topological polar surface area (TPSA) is 43.7 Å². The molecule has 4 heteroatoms. The second-order valence-corrected chi connectivity index (χ2v) is 4.11. The fraction of sp³-hybridized carbons (Fsp3) is 0.500. The first-order valence-corrected chi connectivity index (χ1v) is 5.53. The molecule has 2 rings (SSSR count). The number of halogens is 1. The second-order valence-electron chi connectivity index (χ2n) is 4.11. The highest BCUT2D eigenvalue weighted by atomic mass is 19.1. The summed E-state index contributed by atoms with van der Waals surface area (Å²) in [4.78, 5) is 2.02. The van der Waals surface area contributed by atoms with Gasteiger partial charge in [-0.2, -0.15) is 0 Å². The van der Waals surface area contributed by atoms with E-state index in [4.69, 9.17) is 5.11 Å². The van der Waals surface area contributed by atoms with Crippen molar-refractivity contribution in [3.63, 3.8) is 0 Å². The lowest BCUT2D eigenvalue weighted by Crippen LogP contribution is -2.36. The van der Waals surface area contributed by atoms with Crippen LogP contribution in [-0.2, 0) is 6.61 Å². The van der Waals surface area contributed by atoms with Crippen LogP contribution in [0.2, 0.25) is 0 Å². The Morgan fingerprint density at radius 2 is 2.00 bits per heavy atom. The van der Waals surface area contributed by atoms with Crippen molar-refractivity contribution in [2.45, 2.75) is 25.6 Å². The molecule has 1 heterocycles. The third kappa shape index (κ3) is 2.18. The Morgan fingerprint density at radius 3 is 2.62 bits per heavy atom. The normalized spacial score (nSPS) is 17.8. The molecule has 0 amide bonds. The molecular weight excluding hydrogens is 209 g/mol.